The average Bonchev–Trinajstić information content (AvgIpc) is 2.32. The SMILES string of the molecule is CCC[N+](C)(C)CCO[Si](C)(C)C.O=S(=O)([N-]S(=O)(=O)C(F)(F)F)C(F)(F)F. The lowest BCUT2D eigenvalue weighted by atomic mass is 10.4. The summed E-state index contributed by atoms with van der Waals surface area (Å²) in [5.74, 6) is 0. The predicted molar refractivity (Wildman–Crippen MR) is 94.7 cm³/mol. The molecule has 0 aromatic rings. The second-order valence-electron chi connectivity index (χ2n) is 7.26. The number of sulfonamides is 2. The number of nitrogens with zero attached hydrogens (tertiary/aromatic N) is 2. The van der Waals surface area contributed by atoms with Crippen LogP contribution >= 0.6 is 0 Å². The normalized spacial score (nSPS) is 14.4. The van der Waals surface area contributed by atoms with Crippen LogP contribution in [-0.2, 0) is 24.5 Å². The Morgan fingerprint density at radius 2 is 1.21 bits per heavy atom. The van der Waals surface area contributed by atoms with Crippen LogP contribution in [-0.4, -0.2) is 74.4 Å². The van der Waals surface area contributed by atoms with Gasteiger partial charge < -0.3 is 13.0 Å². The van der Waals surface area contributed by atoms with Gasteiger partial charge >= 0.3 is 11.0 Å². The molecule has 0 amide bonds. The molecule has 0 saturated carbocycles. The molecule has 0 aliphatic rings. The molecule has 0 heterocycles. The maximum atomic E-state index is 11.4. The molecule has 0 N–H and O–H groups in total. The first-order valence-electron chi connectivity index (χ1n) is 7.80. The van der Waals surface area contributed by atoms with Crippen LogP contribution in [0.25, 0.3) is 4.13 Å². The van der Waals surface area contributed by atoms with Crippen molar-refractivity contribution in [1.82, 2.24) is 0 Å². The molecule has 0 fully saturated rings. The molecule has 172 valence electrons. The second-order valence-corrected chi connectivity index (χ2v) is 15.2. The highest BCUT2D eigenvalue weighted by molar-refractivity contribution is 8.13. The van der Waals surface area contributed by atoms with Gasteiger partial charge in [-0.15, -0.1) is 0 Å². The van der Waals surface area contributed by atoms with Crippen molar-refractivity contribution in [2.75, 3.05) is 33.8 Å². The van der Waals surface area contributed by atoms with E-state index in [0.29, 0.717) is 0 Å². The largest absolute Gasteiger partial charge is 0.480 e. The van der Waals surface area contributed by atoms with Gasteiger partial charge in [0.1, 0.15) is 6.54 Å². The van der Waals surface area contributed by atoms with Gasteiger partial charge in [-0.3, -0.25) is 0 Å². The number of halogens is 6. The zero-order valence-electron chi connectivity index (χ0n) is 16.3. The van der Waals surface area contributed by atoms with Gasteiger partial charge in [-0.25, -0.2) is 16.8 Å². The zero-order chi connectivity index (χ0) is 23.2. The fourth-order valence-corrected chi connectivity index (χ4v) is 3.94. The van der Waals surface area contributed by atoms with E-state index >= 15 is 0 Å². The van der Waals surface area contributed by atoms with Crippen molar-refractivity contribution >= 4 is 28.4 Å². The summed E-state index contributed by atoms with van der Waals surface area (Å²) in [4.78, 5) is 0. The van der Waals surface area contributed by atoms with Gasteiger partial charge in [0, 0.05) is 0 Å². The van der Waals surface area contributed by atoms with Crippen LogP contribution in [0.2, 0.25) is 19.6 Å². The highest BCUT2D eigenvalue weighted by Gasteiger charge is 2.46. The molecule has 0 aliphatic heterocycles. The number of quaternary nitrogens is 1. The van der Waals surface area contributed by atoms with Crippen LogP contribution in [0.4, 0.5) is 26.3 Å². The molecule has 0 aliphatic carbocycles. The fraction of sp³-hybridized carbons (Fsp3) is 1.00. The summed E-state index contributed by atoms with van der Waals surface area (Å²) in [7, 11) is -10.2. The maximum Gasteiger partial charge on any atom is 0.480 e. The Hall–Kier alpha value is -0.423. The molecule has 0 bridgehead atoms. The lowest BCUT2D eigenvalue weighted by Crippen LogP contribution is -2.44. The Bertz CT molecular complexity index is 643. The lowest BCUT2D eigenvalue weighted by molar-refractivity contribution is -0.890. The van der Waals surface area contributed by atoms with E-state index in [4.69, 9.17) is 4.43 Å². The summed E-state index contributed by atoms with van der Waals surface area (Å²) in [6.45, 7) is 12.3. The van der Waals surface area contributed by atoms with Crippen LogP contribution in [0.15, 0.2) is 0 Å². The molecule has 0 unspecified atom stereocenters. The smallest absolute Gasteiger partial charge is 0.421 e. The lowest BCUT2D eigenvalue weighted by Gasteiger charge is -2.30. The summed E-state index contributed by atoms with van der Waals surface area (Å²) < 4.78 is 116. The zero-order valence-corrected chi connectivity index (χ0v) is 19.0. The van der Waals surface area contributed by atoms with Crippen molar-refractivity contribution in [2.24, 2.45) is 0 Å². The van der Waals surface area contributed by atoms with Crippen LogP contribution < -0.4 is 0 Å². The van der Waals surface area contributed by atoms with Gasteiger partial charge in [0.2, 0.25) is 0 Å². The van der Waals surface area contributed by atoms with Gasteiger partial charge in [-0.2, -0.15) is 26.3 Å². The maximum absolute atomic E-state index is 11.4. The molecule has 16 heteroatoms. The summed E-state index contributed by atoms with van der Waals surface area (Å²) in [5, 5.41) is 0. The van der Waals surface area contributed by atoms with Crippen LogP contribution in [0.1, 0.15) is 13.3 Å². The average molecular weight is 485 g/mol. The fourth-order valence-electron chi connectivity index (χ4n) is 1.53. The van der Waals surface area contributed by atoms with Crippen LogP contribution in [0, 0.1) is 0 Å². The number of hydrogen-bond acceptors (Lipinski definition) is 5. The Kier molecular flexibility index (Phi) is 10.7. The molecular weight excluding hydrogens is 458 g/mol. The van der Waals surface area contributed by atoms with Crippen molar-refractivity contribution in [1.29, 1.82) is 0 Å². The van der Waals surface area contributed by atoms with E-state index in [1.807, 2.05) is 0 Å². The third-order valence-corrected chi connectivity index (χ3v) is 6.65. The minimum absolute atomic E-state index is 0.778. The third kappa shape index (κ3) is 12.2. The van der Waals surface area contributed by atoms with Gasteiger partial charge in [0.25, 0.3) is 0 Å². The van der Waals surface area contributed by atoms with Crippen LogP contribution in [0.5, 0.6) is 0 Å². The molecule has 0 aromatic heterocycles. The van der Waals surface area contributed by atoms with Gasteiger partial charge in [0.05, 0.1) is 27.2 Å². The van der Waals surface area contributed by atoms with Gasteiger partial charge in [-0.05, 0) is 26.1 Å². The van der Waals surface area contributed by atoms with E-state index in [9.17, 15) is 43.2 Å². The third-order valence-electron chi connectivity index (χ3n) is 2.84. The molecule has 0 rings (SSSR count). The molecule has 28 heavy (non-hydrogen) atoms. The quantitative estimate of drug-likeness (QED) is 0.299. The highest BCUT2D eigenvalue weighted by atomic mass is 32.3. The molecule has 0 aromatic carbocycles. The Morgan fingerprint density at radius 1 is 0.857 bits per heavy atom. The standard InChI is InChI=1S/C10H26NOSi.C2F6NO4S2/c1-7-8-11(2,3)9-10-12-13(4,5)6;3-1(4,5)14(10,11)9-15(12,13)2(6,7)8/h7-10H2,1-6H3;/q+1;-1. The van der Waals surface area contributed by atoms with E-state index in [2.05, 4.69) is 40.7 Å². The number of likely N-dealkylation sites (N-methyl/N-ethyl adjacent to an activating group) is 1. The summed E-state index contributed by atoms with van der Waals surface area (Å²) in [6.07, 6.45) is 1.25. The minimum atomic E-state index is -6.72. The van der Waals surface area contributed by atoms with Crippen molar-refractivity contribution in [3.63, 3.8) is 0 Å². The van der Waals surface area contributed by atoms with E-state index in [0.717, 1.165) is 21.8 Å². The van der Waals surface area contributed by atoms with Crippen molar-refractivity contribution < 1.29 is 52.1 Å². The molecule has 0 atom stereocenters. The number of alkyl halides is 6. The first kappa shape index (κ1) is 29.8. The Morgan fingerprint density at radius 3 is 1.46 bits per heavy atom. The second kappa shape index (κ2) is 10.1. The molecule has 7 nitrogen and oxygen atoms in total. The van der Waals surface area contributed by atoms with Crippen LogP contribution in [0.3, 0.4) is 0 Å². The molecule has 0 spiro atoms. The first-order chi connectivity index (χ1) is 12.0. The van der Waals surface area contributed by atoms with Crippen molar-refractivity contribution in [3.05, 3.63) is 4.13 Å². The minimum Gasteiger partial charge on any atom is -0.421 e. The summed E-state index contributed by atoms with van der Waals surface area (Å²) in [5.41, 5.74) is -12.4. The van der Waals surface area contributed by atoms with E-state index in [1.165, 1.54) is 13.0 Å². The predicted octanol–water partition coefficient (Wildman–Crippen LogP) is 3.38. The number of rotatable bonds is 8. The molecular formula is C12H26F6N2O5S2Si. The van der Waals surface area contributed by atoms with E-state index in [-0.39, 0.29) is 0 Å². The van der Waals surface area contributed by atoms with Gasteiger partial charge in [0.15, 0.2) is 28.4 Å². The molecule has 0 radical (unpaired) electrons. The first-order valence-corrected chi connectivity index (χ1v) is 14.1. The Balaban J connectivity index is 0. The highest BCUT2D eigenvalue weighted by Crippen LogP contribution is 2.36. The summed E-state index contributed by atoms with van der Waals surface area (Å²) >= 11 is 0. The van der Waals surface area contributed by atoms with Gasteiger partial charge in [-0.1, -0.05) is 6.92 Å². The monoisotopic (exact) mass is 484 g/mol. The van der Waals surface area contributed by atoms with E-state index in [1.54, 1.807) is 0 Å². The van der Waals surface area contributed by atoms with E-state index < -0.39 is 39.4 Å². The molecule has 0 saturated heterocycles. The number of hydrogen-bond donors (Lipinski definition) is 0. The van der Waals surface area contributed by atoms with Crippen molar-refractivity contribution in [2.45, 2.75) is 44.0 Å². The topological polar surface area (TPSA) is 91.6 Å². The van der Waals surface area contributed by atoms with Crippen molar-refractivity contribution in [3.8, 4) is 0 Å². The Labute approximate surface area is 162 Å². The summed E-state index contributed by atoms with van der Waals surface area (Å²) in [6, 6.07) is 0.